The summed E-state index contributed by atoms with van der Waals surface area (Å²) in [6, 6.07) is 5.69. The van der Waals surface area contributed by atoms with E-state index in [0.29, 0.717) is 12.3 Å². The third-order valence-electron chi connectivity index (χ3n) is 3.33. The molecule has 19 heavy (non-hydrogen) atoms. The number of nitrogens with one attached hydrogen (secondary N) is 1. The topological polar surface area (TPSA) is 47.6 Å². The number of rotatable bonds is 6. The van der Waals surface area contributed by atoms with Crippen LogP contribution in [0.15, 0.2) is 18.2 Å². The van der Waals surface area contributed by atoms with Crippen molar-refractivity contribution in [2.45, 2.75) is 26.2 Å². The van der Waals surface area contributed by atoms with Crippen molar-refractivity contribution in [1.82, 2.24) is 5.32 Å². The van der Waals surface area contributed by atoms with Gasteiger partial charge in [-0.2, -0.15) is 0 Å². The van der Waals surface area contributed by atoms with Crippen LogP contribution in [0.25, 0.3) is 0 Å². The Morgan fingerprint density at radius 1 is 1.26 bits per heavy atom. The molecule has 106 valence electrons. The first kappa shape index (κ1) is 15.3. The number of benzene rings is 1. The largest absolute Gasteiger partial charge is 0.497 e. The van der Waals surface area contributed by atoms with Crippen LogP contribution < -0.4 is 14.8 Å². The van der Waals surface area contributed by atoms with E-state index in [-0.39, 0.29) is 11.8 Å². The highest BCUT2D eigenvalue weighted by molar-refractivity contribution is 5.76. The Balaban J connectivity index is 3.16. The van der Waals surface area contributed by atoms with Crippen molar-refractivity contribution in [2.24, 2.45) is 5.92 Å². The third kappa shape index (κ3) is 3.88. The van der Waals surface area contributed by atoms with Gasteiger partial charge >= 0.3 is 0 Å². The molecule has 0 aromatic heterocycles. The first-order valence-corrected chi connectivity index (χ1v) is 6.46. The van der Waals surface area contributed by atoms with Crippen LogP contribution in [-0.4, -0.2) is 27.2 Å². The zero-order valence-corrected chi connectivity index (χ0v) is 12.3. The maximum absolute atomic E-state index is 11.7. The van der Waals surface area contributed by atoms with E-state index in [4.69, 9.17) is 9.47 Å². The Morgan fingerprint density at radius 3 is 2.42 bits per heavy atom. The molecule has 1 atom stereocenters. The molecule has 0 heterocycles. The number of hydrogen-bond donors (Lipinski definition) is 1. The second kappa shape index (κ2) is 7.02. The minimum atomic E-state index is 0.0311. The van der Waals surface area contributed by atoms with Crippen LogP contribution in [0.4, 0.5) is 0 Å². The molecule has 0 fully saturated rings. The van der Waals surface area contributed by atoms with E-state index in [2.05, 4.69) is 19.2 Å². The summed E-state index contributed by atoms with van der Waals surface area (Å²) in [5, 5.41) is 2.68. The van der Waals surface area contributed by atoms with E-state index < -0.39 is 0 Å². The molecule has 0 bridgehead atoms. The molecular formula is C15H23NO3. The number of amides is 1. The number of ether oxygens (including phenoxy) is 2. The van der Waals surface area contributed by atoms with Gasteiger partial charge in [-0.3, -0.25) is 4.79 Å². The SMILES string of the molecule is CNC(=O)CC(c1cc(OC)ccc1OC)C(C)C. The van der Waals surface area contributed by atoms with Crippen LogP contribution in [0.1, 0.15) is 31.7 Å². The minimum absolute atomic E-state index is 0.0311. The number of methoxy groups -OCH3 is 2. The van der Waals surface area contributed by atoms with E-state index in [1.165, 1.54) is 0 Å². The molecule has 1 aromatic carbocycles. The summed E-state index contributed by atoms with van der Waals surface area (Å²) in [5.41, 5.74) is 1.01. The predicted molar refractivity (Wildman–Crippen MR) is 75.8 cm³/mol. The smallest absolute Gasteiger partial charge is 0.220 e. The molecule has 1 aromatic rings. The van der Waals surface area contributed by atoms with Gasteiger partial charge in [-0.25, -0.2) is 0 Å². The summed E-state index contributed by atoms with van der Waals surface area (Å²) in [7, 11) is 4.93. The maximum atomic E-state index is 11.7. The van der Waals surface area contributed by atoms with Gasteiger partial charge in [0.2, 0.25) is 5.91 Å². The fourth-order valence-corrected chi connectivity index (χ4v) is 2.14. The highest BCUT2D eigenvalue weighted by Gasteiger charge is 2.23. The molecule has 0 spiro atoms. The van der Waals surface area contributed by atoms with Crippen molar-refractivity contribution in [3.8, 4) is 11.5 Å². The lowest BCUT2D eigenvalue weighted by Crippen LogP contribution is -2.23. The minimum Gasteiger partial charge on any atom is -0.497 e. The molecule has 0 saturated heterocycles. The quantitative estimate of drug-likeness (QED) is 0.860. The molecule has 1 rings (SSSR count). The average Bonchev–Trinajstić information content (AvgIpc) is 2.43. The van der Waals surface area contributed by atoms with Crippen LogP contribution in [-0.2, 0) is 4.79 Å². The highest BCUT2D eigenvalue weighted by atomic mass is 16.5. The van der Waals surface area contributed by atoms with E-state index in [0.717, 1.165) is 17.1 Å². The summed E-state index contributed by atoms with van der Waals surface area (Å²) < 4.78 is 10.7. The normalized spacial score (nSPS) is 12.1. The van der Waals surface area contributed by atoms with Crippen molar-refractivity contribution in [3.05, 3.63) is 23.8 Å². The Bertz CT molecular complexity index is 429. The monoisotopic (exact) mass is 265 g/mol. The maximum Gasteiger partial charge on any atom is 0.220 e. The zero-order valence-electron chi connectivity index (χ0n) is 12.3. The van der Waals surface area contributed by atoms with Gasteiger partial charge in [0.15, 0.2) is 0 Å². The second-order valence-corrected chi connectivity index (χ2v) is 4.84. The average molecular weight is 265 g/mol. The molecule has 1 unspecified atom stereocenters. The zero-order chi connectivity index (χ0) is 14.4. The molecule has 4 nitrogen and oxygen atoms in total. The van der Waals surface area contributed by atoms with Crippen LogP contribution in [0.3, 0.4) is 0 Å². The fourth-order valence-electron chi connectivity index (χ4n) is 2.14. The van der Waals surface area contributed by atoms with E-state index >= 15 is 0 Å². The highest BCUT2D eigenvalue weighted by Crippen LogP contribution is 2.36. The summed E-state index contributed by atoms with van der Waals surface area (Å²) >= 11 is 0. The third-order valence-corrected chi connectivity index (χ3v) is 3.33. The molecule has 4 heteroatoms. The Morgan fingerprint density at radius 2 is 1.95 bits per heavy atom. The van der Waals surface area contributed by atoms with Gasteiger partial charge in [0.1, 0.15) is 11.5 Å². The van der Waals surface area contributed by atoms with Gasteiger partial charge in [-0.1, -0.05) is 13.8 Å². The summed E-state index contributed by atoms with van der Waals surface area (Å²) in [6.07, 6.45) is 0.442. The van der Waals surface area contributed by atoms with Crippen molar-refractivity contribution >= 4 is 5.91 Å². The predicted octanol–water partition coefficient (Wildman–Crippen LogP) is 2.58. The Labute approximate surface area is 115 Å². The lowest BCUT2D eigenvalue weighted by Gasteiger charge is -2.23. The fraction of sp³-hybridized carbons (Fsp3) is 0.533. The number of carbonyl (C=O) groups excluding carboxylic acids is 1. The number of hydrogen-bond acceptors (Lipinski definition) is 3. The van der Waals surface area contributed by atoms with Crippen molar-refractivity contribution in [2.75, 3.05) is 21.3 Å². The molecule has 0 radical (unpaired) electrons. The number of carbonyl (C=O) groups is 1. The molecule has 0 aliphatic heterocycles. The van der Waals surface area contributed by atoms with Gasteiger partial charge in [0.25, 0.3) is 0 Å². The lowest BCUT2D eigenvalue weighted by molar-refractivity contribution is -0.121. The van der Waals surface area contributed by atoms with E-state index in [1.807, 2.05) is 18.2 Å². The molecule has 0 aliphatic carbocycles. The van der Waals surface area contributed by atoms with Crippen molar-refractivity contribution in [3.63, 3.8) is 0 Å². The van der Waals surface area contributed by atoms with Gasteiger partial charge in [0, 0.05) is 19.0 Å². The molecule has 0 aliphatic rings. The molecular weight excluding hydrogens is 242 g/mol. The van der Waals surface area contributed by atoms with Gasteiger partial charge in [0.05, 0.1) is 14.2 Å². The van der Waals surface area contributed by atoms with Gasteiger partial charge < -0.3 is 14.8 Å². The molecule has 1 N–H and O–H groups in total. The van der Waals surface area contributed by atoms with Crippen LogP contribution >= 0.6 is 0 Å². The standard InChI is InChI=1S/C15H23NO3/c1-10(2)12(9-15(17)16-3)13-8-11(18-4)6-7-14(13)19-5/h6-8,10,12H,9H2,1-5H3,(H,16,17). The van der Waals surface area contributed by atoms with Crippen molar-refractivity contribution < 1.29 is 14.3 Å². The van der Waals surface area contributed by atoms with Crippen LogP contribution in [0, 0.1) is 5.92 Å². The Kier molecular flexibility index (Phi) is 5.67. The summed E-state index contributed by atoms with van der Waals surface area (Å²) in [5.74, 6) is 2.04. The second-order valence-electron chi connectivity index (χ2n) is 4.84. The van der Waals surface area contributed by atoms with E-state index in [1.54, 1.807) is 21.3 Å². The van der Waals surface area contributed by atoms with Crippen molar-refractivity contribution in [1.29, 1.82) is 0 Å². The summed E-state index contributed by atoms with van der Waals surface area (Å²) in [6.45, 7) is 4.21. The van der Waals surface area contributed by atoms with Crippen LogP contribution in [0.2, 0.25) is 0 Å². The molecule has 0 saturated carbocycles. The van der Waals surface area contributed by atoms with Gasteiger partial charge in [-0.05, 0) is 30.0 Å². The Hall–Kier alpha value is -1.71. The molecule has 1 amide bonds. The van der Waals surface area contributed by atoms with E-state index in [9.17, 15) is 4.79 Å². The van der Waals surface area contributed by atoms with Crippen LogP contribution in [0.5, 0.6) is 11.5 Å². The first-order chi connectivity index (χ1) is 9.03. The summed E-state index contributed by atoms with van der Waals surface area (Å²) in [4.78, 5) is 11.7. The van der Waals surface area contributed by atoms with Gasteiger partial charge in [-0.15, -0.1) is 0 Å². The first-order valence-electron chi connectivity index (χ1n) is 6.46. The lowest BCUT2D eigenvalue weighted by atomic mass is 9.85.